The van der Waals surface area contributed by atoms with Crippen LogP contribution in [0.15, 0.2) is 76.4 Å². The van der Waals surface area contributed by atoms with Gasteiger partial charge >= 0.3 is 35.7 Å². The monoisotopic (exact) mass is 938 g/mol. The number of benzene rings is 2. The first-order valence-electron chi connectivity index (χ1n) is 21.4. The second kappa shape index (κ2) is 21.9. The summed E-state index contributed by atoms with van der Waals surface area (Å²) in [5.74, 6) is -4.74. The van der Waals surface area contributed by atoms with Gasteiger partial charge in [0.1, 0.15) is 24.5 Å². The van der Waals surface area contributed by atoms with E-state index >= 15 is 0 Å². The minimum absolute atomic E-state index is 0.152. The predicted octanol–water partition coefficient (Wildman–Crippen LogP) is 4.99. The highest BCUT2D eigenvalue weighted by Crippen LogP contribution is 2.43. The molecule has 8 atom stereocenters. The van der Waals surface area contributed by atoms with E-state index in [0.717, 1.165) is 37.8 Å². The summed E-state index contributed by atoms with van der Waals surface area (Å²) in [4.78, 5) is 107. The van der Waals surface area contributed by atoms with Gasteiger partial charge in [0.15, 0.2) is 26.7 Å². The zero-order valence-corrected chi connectivity index (χ0v) is 40.5. The molecular weight excluding hydrogens is 877 g/mol. The average Bonchev–Trinajstić information content (AvgIpc) is 3.23. The summed E-state index contributed by atoms with van der Waals surface area (Å²) < 4.78 is 41.6. The molecule has 360 valence electrons. The number of alkyl carbamates (subject to hydrolysis) is 1. The smallest absolute Gasteiger partial charge is 0.408 e. The van der Waals surface area contributed by atoms with Crippen LogP contribution in [-0.2, 0) is 58.7 Å². The molecule has 0 unspecified atom stereocenters. The number of aromatic nitrogens is 2. The summed E-state index contributed by atoms with van der Waals surface area (Å²) in [7, 11) is -1.65. The molecule has 66 heavy (non-hydrogen) atoms. The molecule has 20 heteroatoms. The molecule has 1 fully saturated rings. The molecule has 19 nitrogen and oxygen atoms in total. The van der Waals surface area contributed by atoms with E-state index in [-0.39, 0.29) is 23.8 Å². The third-order valence-electron chi connectivity index (χ3n) is 11.3. The van der Waals surface area contributed by atoms with E-state index in [0.29, 0.717) is 11.1 Å². The lowest BCUT2D eigenvalue weighted by atomic mass is 9.89. The van der Waals surface area contributed by atoms with E-state index in [4.69, 9.17) is 32.8 Å². The minimum Gasteiger partial charge on any atom is -0.467 e. The van der Waals surface area contributed by atoms with Crippen LogP contribution in [0.2, 0.25) is 18.1 Å². The van der Waals surface area contributed by atoms with Gasteiger partial charge in [-0.05, 0) is 62.2 Å². The van der Waals surface area contributed by atoms with E-state index in [1.165, 1.54) is 0 Å². The lowest BCUT2D eigenvalue weighted by Crippen LogP contribution is -2.62. The van der Waals surface area contributed by atoms with Crippen LogP contribution >= 0.6 is 0 Å². The molecule has 4 rings (SSSR count). The fourth-order valence-electron chi connectivity index (χ4n) is 6.71. The number of H-pyrrole nitrogens is 1. The van der Waals surface area contributed by atoms with Crippen LogP contribution in [-0.4, -0.2) is 91.3 Å². The molecule has 3 N–H and O–H groups in total. The molecule has 1 saturated heterocycles. The Kier molecular flexibility index (Phi) is 17.4. The summed E-state index contributed by atoms with van der Waals surface area (Å²) in [6, 6.07) is 13.2. The zero-order valence-electron chi connectivity index (χ0n) is 39.5. The minimum atomic E-state index is -2.71. The van der Waals surface area contributed by atoms with Crippen molar-refractivity contribution in [2.75, 3.05) is 7.11 Å². The summed E-state index contributed by atoms with van der Waals surface area (Å²) in [5.41, 5.74) is -1.30. The Labute approximate surface area is 384 Å². The number of carbonyl (C=O) groups excluding carboxylic acids is 6. The normalized spacial score (nSPS) is 19.5. The molecule has 2 aromatic carbocycles. The van der Waals surface area contributed by atoms with Crippen molar-refractivity contribution in [2.24, 2.45) is 11.3 Å². The SMILES string of the molecule is COC(=O)[C@@H](NC(=O)[C@@H](NC(=O)OCc1ccccc1)[C@H](C)[C@H](O[Si](C)(C)C(C)(C)C)c1ccc(OC(=O)C(C)(C)C)cc1)[C@H]1C[C@@H](OC(C)=O)[C@@H](OC(C)=O)[C@H](n2ccc(=O)[nH]c2=O)O1. The maximum absolute atomic E-state index is 15.0. The summed E-state index contributed by atoms with van der Waals surface area (Å²) in [6.07, 6.45) is -7.17. The zero-order chi connectivity index (χ0) is 49.3. The van der Waals surface area contributed by atoms with Crippen molar-refractivity contribution in [2.45, 2.75) is 136 Å². The second-order valence-electron chi connectivity index (χ2n) is 18.6. The number of carbonyl (C=O) groups is 6. The topological polar surface area (TPSA) is 246 Å². The number of ether oxygens (including phenoxy) is 6. The lowest BCUT2D eigenvalue weighted by Gasteiger charge is -2.43. The Morgan fingerprint density at radius 3 is 2.05 bits per heavy atom. The first-order valence-corrected chi connectivity index (χ1v) is 24.3. The quantitative estimate of drug-likeness (QED) is 0.0741. The number of nitrogens with one attached hydrogen (secondary N) is 3. The maximum atomic E-state index is 15.0. The van der Waals surface area contributed by atoms with Crippen molar-refractivity contribution in [3.05, 3.63) is 98.8 Å². The van der Waals surface area contributed by atoms with Crippen molar-refractivity contribution in [1.29, 1.82) is 0 Å². The number of nitrogens with zero attached hydrogens (tertiary/aromatic N) is 1. The first kappa shape index (κ1) is 52.5. The molecule has 0 bridgehead atoms. The molecule has 0 aliphatic carbocycles. The van der Waals surface area contributed by atoms with Crippen LogP contribution in [0.5, 0.6) is 5.75 Å². The van der Waals surface area contributed by atoms with Gasteiger partial charge in [0.25, 0.3) is 5.56 Å². The third-order valence-corrected chi connectivity index (χ3v) is 15.8. The third kappa shape index (κ3) is 13.9. The maximum Gasteiger partial charge on any atom is 0.408 e. The molecule has 0 spiro atoms. The van der Waals surface area contributed by atoms with Crippen molar-refractivity contribution in [3.8, 4) is 5.75 Å². The second-order valence-corrected chi connectivity index (χ2v) is 23.4. The first-order chi connectivity index (χ1) is 30.7. The highest BCUT2D eigenvalue weighted by Gasteiger charge is 2.50. The van der Waals surface area contributed by atoms with Gasteiger partial charge in [0.05, 0.1) is 24.7 Å². The summed E-state index contributed by atoms with van der Waals surface area (Å²) >= 11 is 0. The Balaban J connectivity index is 1.82. The van der Waals surface area contributed by atoms with Crippen LogP contribution < -0.4 is 26.6 Å². The molecule has 1 aliphatic rings. The number of methoxy groups -OCH3 is 1. The molecule has 0 radical (unpaired) electrons. The van der Waals surface area contributed by atoms with Crippen LogP contribution in [0.25, 0.3) is 0 Å². The van der Waals surface area contributed by atoms with E-state index in [1.807, 2.05) is 33.9 Å². The van der Waals surface area contributed by atoms with Gasteiger partial charge in [0, 0.05) is 38.4 Å². The van der Waals surface area contributed by atoms with E-state index < -0.39 is 110 Å². The number of rotatable bonds is 16. The van der Waals surface area contributed by atoms with Crippen molar-refractivity contribution >= 4 is 44.2 Å². The van der Waals surface area contributed by atoms with Gasteiger partial charge in [0.2, 0.25) is 5.91 Å². The Hall–Kier alpha value is -6.12. The molecule has 2 heterocycles. The predicted molar refractivity (Wildman–Crippen MR) is 240 cm³/mol. The molecule has 2 amide bonds. The number of esters is 4. The standard InChI is InChI=1S/C46H62N4O15Si/c1-26(37(65-66(11,12)46(7,8)9)30-18-20-31(21-19-30)63-42(56)45(4,5)6)35(49-44(58)60-25-29-16-14-13-15-17-29)39(54)48-36(41(55)59-10)32-24-33(61-27(2)51)38(62-28(3)52)40(64-32)50-23-22-34(53)47-43(50)57/h13-23,26,32-33,35-38,40H,24-25H2,1-12H3,(H,48,54)(H,49,58)(H,47,53,57)/t26-,32+,33+,35-,36-,37-,38+,40+/m0/s1. The fraction of sp³-hybridized carbons (Fsp3) is 0.522. The number of aromatic amines is 1. The molecular formula is C46H62N4O15Si. The van der Waals surface area contributed by atoms with Gasteiger partial charge in [-0.15, -0.1) is 0 Å². The highest BCUT2D eigenvalue weighted by atomic mass is 28.4. The van der Waals surface area contributed by atoms with Crippen LogP contribution in [0, 0.1) is 11.3 Å². The summed E-state index contributed by atoms with van der Waals surface area (Å²) in [5, 5.41) is 5.01. The molecule has 1 aliphatic heterocycles. The van der Waals surface area contributed by atoms with Gasteiger partial charge in [-0.25, -0.2) is 14.4 Å². The van der Waals surface area contributed by atoms with Crippen molar-refractivity contribution in [3.63, 3.8) is 0 Å². The van der Waals surface area contributed by atoms with Gasteiger partial charge in [-0.1, -0.05) is 70.2 Å². The lowest BCUT2D eigenvalue weighted by molar-refractivity contribution is -0.229. The van der Waals surface area contributed by atoms with Crippen LogP contribution in [0.4, 0.5) is 4.79 Å². The van der Waals surface area contributed by atoms with Gasteiger partial charge in [-0.3, -0.25) is 33.5 Å². The molecule has 3 aromatic rings. The van der Waals surface area contributed by atoms with E-state index in [1.54, 1.807) is 82.3 Å². The van der Waals surface area contributed by atoms with Gasteiger partial charge < -0.3 is 43.5 Å². The Bertz CT molecular complexity index is 2320. The average molecular weight is 939 g/mol. The number of hydrogen-bond acceptors (Lipinski definition) is 15. The van der Waals surface area contributed by atoms with Crippen LogP contribution in [0.1, 0.15) is 92.2 Å². The Morgan fingerprint density at radius 1 is 0.879 bits per heavy atom. The number of amides is 2. The molecule has 1 aromatic heterocycles. The molecule has 0 saturated carbocycles. The van der Waals surface area contributed by atoms with E-state index in [9.17, 15) is 38.4 Å². The fourth-order valence-corrected chi connectivity index (χ4v) is 8.05. The Morgan fingerprint density at radius 2 is 1.50 bits per heavy atom. The van der Waals surface area contributed by atoms with Crippen molar-refractivity contribution in [1.82, 2.24) is 20.2 Å². The largest absolute Gasteiger partial charge is 0.467 e. The summed E-state index contributed by atoms with van der Waals surface area (Å²) in [6.45, 7) is 19.0. The van der Waals surface area contributed by atoms with Gasteiger partial charge in [-0.2, -0.15) is 0 Å². The number of hydrogen-bond donors (Lipinski definition) is 3. The van der Waals surface area contributed by atoms with Crippen LogP contribution in [0.3, 0.4) is 0 Å². The van der Waals surface area contributed by atoms with Crippen molar-refractivity contribution < 1.29 is 61.6 Å². The highest BCUT2D eigenvalue weighted by molar-refractivity contribution is 6.74. The van der Waals surface area contributed by atoms with E-state index in [2.05, 4.69) is 15.6 Å².